The number of esters is 1. The fraction of sp³-hybridized carbons (Fsp3) is 0.316. The van der Waals surface area contributed by atoms with Crippen LogP contribution >= 0.6 is 0 Å². The third-order valence-corrected chi connectivity index (χ3v) is 6.08. The van der Waals surface area contributed by atoms with Crippen molar-refractivity contribution in [2.75, 3.05) is 20.7 Å². The van der Waals surface area contributed by atoms with Gasteiger partial charge >= 0.3 is 5.97 Å². The maximum atomic E-state index is 12.8. The van der Waals surface area contributed by atoms with Gasteiger partial charge < -0.3 is 4.74 Å². The molecule has 0 aliphatic rings. The predicted molar refractivity (Wildman–Crippen MR) is 97.1 cm³/mol. The molecule has 0 bridgehead atoms. The van der Waals surface area contributed by atoms with Crippen LogP contribution in [0.2, 0.25) is 0 Å². The van der Waals surface area contributed by atoms with Crippen molar-refractivity contribution >= 4 is 16.0 Å². The Hall–Kier alpha value is -2.18. The molecule has 0 aliphatic heterocycles. The van der Waals surface area contributed by atoms with Crippen molar-refractivity contribution in [3.63, 3.8) is 0 Å². The lowest BCUT2D eigenvalue weighted by molar-refractivity contribution is 0.0600. The molecule has 5 nitrogen and oxygen atoms in total. The first-order valence-corrected chi connectivity index (χ1v) is 9.49. The summed E-state index contributed by atoms with van der Waals surface area (Å²) in [5.41, 5.74) is 2.05. The average Bonchev–Trinajstić information content (AvgIpc) is 2.61. The van der Waals surface area contributed by atoms with Gasteiger partial charge in [0, 0.05) is 13.6 Å². The standard InChI is InChI=1S/C19H23NO4S/c1-15-14-17(19(21)24-3)11-12-18(15)25(22,23)20(2)13-7-10-16-8-5-4-6-9-16/h4-6,8-9,11-12,14H,7,10,13H2,1-3H3. The molecule has 0 heterocycles. The monoisotopic (exact) mass is 361 g/mol. The van der Waals surface area contributed by atoms with Gasteiger partial charge in [-0.3, -0.25) is 0 Å². The highest BCUT2D eigenvalue weighted by atomic mass is 32.2. The largest absolute Gasteiger partial charge is 0.465 e. The van der Waals surface area contributed by atoms with E-state index in [2.05, 4.69) is 4.74 Å². The molecule has 0 aromatic heterocycles. The number of carbonyl (C=O) groups is 1. The Bertz CT molecular complexity index is 832. The highest BCUT2D eigenvalue weighted by molar-refractivity contribution is 7.89. The lowest BCUT2D eigenvalue weighted by atomic mass is 10.1. The lowest BCUT2D eigenvalue weighted by Gasteiger charge is -2.19. The maximum Gasteiger partial charge on any atom is 0.337 e. The van der Waals surface area contributed by atoms with Crippen molar-refractivity contribution < 1.29 is 17.9 Å². The molecule has 0 unspecified atom stereocenters. The lowest BCUT2D eigenvalue weighted by Crippen LogP contribution is -2.29. The first kappa shape index (κ1) is 19.1. The number of nitrogens with zero attached hydrogens (tertiary/aromatic N) is 1. The van der Waals surface area contributed by atoms with Crippen molar-refractivity contribution in [1.82, 2.24) is 4.31 Å². The van der Waals surface area contributed by atoms with Crippen LogP contribution in [0.3, 0.4) is 0 Å². The summed E-state index contributed by atoms with van der Waals surface area (Å²) in [6, 6.07) is 14.4. The average molecular weight is 361 g/mol. The van der Waals surface area contributed by atoms with Gasteiger partial charge in [0.15, 0.2) is 0 Å². The second kappa shape index (κ2) is 8.27. The van der Waals surface area contributed by atoms with E-state index in [1.807, 2.05) is 30.3 Å². The molecule has 0 N–H and O–H groups in total. The molecule has 0 spiro atoms. The summed E-state index contributed by atoms with van der Waals surface area (Å²) >= 11 is 0. The molecule has 0 atom stereocenters. The van der Waals surface area contributed by atoms with Gasteiger partial charge in [-0.05, 0) is 49.1 Å². The maximum absolute atomic E-state index is 12.8. The van der Waals surface area contributed by atoms with Crippen LogP contribution in [0.15, 0.2) is 53.4 Å². The number of aryl methyl sites for hydroxylation is 2. The van der Waals surface area contributed by atoms with Gasteiger partial charge in [-0.25, -0.2) is 17.5 Å². The molecule has 134 valence electrons. The van der Waals surface area contributed by atoms with Gasteiger partial charge in [0.05, 0.1) is 17.6 Å². The summed E-state index contributed by atoms with van der Waals surface area (Å²) in [6.07, 6.45) is 1.56. The van der Waals surface area contributed by atoms with Crippen LogP contribution in [0.25, 0.3) is 0 Å². The van der Waals surface area contributed by atoms with E-state index in [-0.39, 0.29) is 4.90 Å². The molecule has 2 rings (SSSR count). The van der Waals surface area contributed by atoms with E-state index in [1.165, 1.54) is 35.2 Å². The van der Waals surface area contributed by atoms with E-state index >= 15 is 0 Å². The molecular formula is C19H23NO4S. The van der Waals surface area contributed by atoms with Crippen LogP contribution < -0.4 is 0 Å². The molecular weight excluding hydrogens is 338 g/mol. The Morgan fingerprint density at radius 2 is 1.80 bits per heavy atom. The minimum absolute atomic E-state index is 0.211. The van der Waals surface area contributed by atoms with E-state index in [0.29, 0.717) is 17.7 Å². The molecule has 2 aromatic carbocycles. The zero-order chi connectivity index (χ0) is 18.4. The van der Waals surface area contributed by atoms with E-state index in [4.69, 9.17) is 0 Å². The molecule has 0 saturated heterocycles. The second-order valence-corrected chi connectivity index (χ2v) is 7.90. The minimum atomic E-state index is -3.59. The van der Waals surface area contributed by atoms with Crippen molar-refractivity contribution in [2.45, 2.75) is 24.7 Å². The Labute approximate surface area is 149 Å². The molecule has 0 amide bonds. The van der Waals surface area contributed by atoms with Crippen LogP contribution in [-0.2, 0) is 21.2 Å². The quantitative estimate of drug-likeness (QED) is 0.711. The van der Waals surface area contributed by atoms with E-state index in [9.17, 15) is 13.2 Å². The van der Waals surface area contributed by atoms with Crippen molar-refractivity contribution in [3.05, 3.63) is 65.2 Å². The Morgan fingerprint density at radius 1 is 1.12 bits per heavy atom. The highest BCUT2D eigenvalue weighted by Gasteiger charge is 2.23. The zero-order valence-corrected chi connectivity index (χ0v) is 15.5. The van der Waals surface area contributed by atoms with Crippen LogP contribution in [0.1, 0.15) is 27.9 Å². The number of ether oxygens (including phenoxy) is 1. The van der Waals surface area contributed by atoms with Crippen LogP contribution in [0, 0.1) is 6.92 Å². The number of hydrogen-bond donors (Lipinski definition) is 0. The van der Waals surface area contributed by atoms with Gasteiger partial charge in [-0.15, -0.1) is 0 Å². The third-order valence-electron chi connectivity index (χ3n) is 4.07. The van der Waals surface area contributed by atoms with Crippen LogP contribution in [0.4, 0.5) is 0 Å². The van der Waals surface area contributed by atoms with Crippen molar-refractivity contribution in [3.8, 4) is 0 Å². The minimum Gasteiger partial charge on any atom is -0.465 e. The van der Waals surface area contributed by atoms with Crippen LogP contribution in [-0.4, -0.2) is 39.4 Å². The number of hydrogen-bond acceptors (Lipinski definition) is 4. The smallest absolute Gasteiger partial charge is 0.337 e. The second-order valence-electron chi connectivity index (χ2n) is 5.89. The van der Waals surface area contributed by atoms with E-state index < -0.39 is 16.0 Å². The van der Waals surface area contributed by atoms with E-state index in [1.54, 1.807) is 14.0 Å². The number of benzene rings is 2. The van der Waals surface area contributed by atoms with Gasteiger partial charge in [-0.1, -0.05) is 30.3 Å². The summed E-state index contributed by atoms with van der Waals surface area (Å²) in [6.45, 7) is 2.10. The molecule has 0 aliphatic carbocycles. The summed E-state index contributed by atoms with van der Waals surface area (Å²) in [7, 11) is -0.720. The van der Waals surface area contributed by atoms with Gasteiger partial charge in [0.2, 0.25) is 10.0 Å². The molecule has 0 saturated carbocycles. The highest BCUT2D eigenvalue weighted by Crippen LogP contribution is 2.21. The molecule has 2 aromatic rings. The fourth-order valence-electron chi connectivity index (χ4n) is 2.62. The fourth-order valence-corrected chi connectivity index (χ4v) is 4.03. The Morgan fingerprint density at radius 3 is 2.40 bits per heavy atom. The molecule has 0 radical (unpaired) electrons. The molecule has 6 heteroatoms. The Kier molecular flexibility index (Phi) is 6.33. The first-order chi connectivity index (χ1) is 11.9. The Balaban J connectivity index is 2.08. The zero-order valence-electron chi connectivity index (χ0n) is 14.7. The van der Waals surface area contributed by atoms with Crippen molar-refractivity contribution in [2.24, 2.45) is 0 Å². The molecule has 0 fully saturated rings. The topological polar surface area (TPSA) is 63.7 Å². The summed E-state index contributed by atoms with van der Waals surface area (Å²) < 4.78 is 31.5. The normalized spacial score (nSPS) is 11.5. The third kappa shape index (κ3) is 4.67. The summed E-state index contributed by atoms with van der Waals surface area (Å²) in [5, 5.41) is 0. The predicted octanol–water partition coefficient (Wildman–Crippen LogP) is 3.03. The number of methoxy groups -OCH3 is 1. The van der Waals surface area contributed by atoms with Crippen LogP contribution in [0.5, 0.6) is 0 Å². The van der Waals surface area contributed by atoms with Gasteiger partial charge in [-0.2, -0.15) is 0 Å². The summed E-state index contributed by atoms with van der Waals surface area (Å²) in [4.78, 5) is 11.8. The first-order valence-electron chi connectivity index (χ1n) is 8.05. The number of sulfonamides is 1. The van der Waals surface area contributed by atoms with Gasteiger partial charge in [0.25, 0.3) is 0 Å². The van der Waals surface area contributed by atoms with E-state index in [0.717, 1.165) is 12.8 Å². The number of carbonyl (C=O) groups excluding carboxylic acids is 1. The van der Waals surface area contributed by atoms with Gasteiger partial charge in [0.1, 0.15) is 0 Å². The SMILES string of the molecule is COC(=O)c1ccc(S(=O)(=O)N(C)CCCc2ccccc2)c(C)c1. The number of rotatable bonds is 7. The summed E-state index contributed by atoms with van der Waals surface area (Å²) in [5.74, 6) is -0.483. The van der Waals surface area contributed by atoms with Crippen molar-refractivity contribution in [1.29, 1.82) is 0 Å². The molecule has 25 heavy (non-hydrogen) atoms.